The van der Waals surface area contributed by atoms with Crippen LogP contribution in [0.2, 0.25) is 0 Å². The molecule has 0 saturated carbocycles. The van der Waals surface area contributed by atoms with Gasteiger partial charge in [-0.3, -0.25) is 4.79 Å². The molecule has 1 aromatic rings. The quantitative estimate of drug-likeness (QED) is 0.750. The molecule has 0 unspecified atom stereocenters. The van der Waals surface area contributed by atoms with Crippen molar-refractivity contribution in [3.05, 3.63) is 6.33 Å². The predicted octanol–water partition coefficient (Wildman–Crippen LogP) is 1.55. The van der Waals surface area contributed by atoms with Crippen molar-refractivity contribution in [1.29, 1.82) is 0 Å². The Bertz CT molecular complexity index is 367. The second kappa shape index (κ2) is 6.05. The first-order valence-corrected chi connectivity index (χ1v) is 6.70. The van der Waals surface area contributed by atoms with E-state index in [0.717, 1.165) is 5.16 Å². The van der Waals surface area contributed by atoms with E-state index in [4.69, 9.17) is 0 Å². The van der Waals surface area contributed by atoms with Gasteiger partial charge in [-0.1, -0.05) is 11.8 Å². The maximum atomic E-state index is 12.1. The minimum atomic E-state index is 0.142. The zero-order chi connectivity index (χ0) is 13.0. The van der Waals surface area contributed by atoms with Gasteiger partial charge in [-0.05, 0) is 27.7 Å². The van der Waals surface area contributed by atoms with Crippen LogP contribution in [0.25, 0.3) is 0 Å². The lowest BCUT2D eigenvalue weighted by atomic mass is 10.2. The van der Waals surface area contributed by atoms with Gasteiger partial charge in [-0.2, -0.15) is 0 Å². The number of hydrogen-bond donors (Lipinski definition) is 0. The van der Waals surface area contributed by atoms with Crippen molar-refractivity contribution >= 4 is 17.7 Å². The Hall–Kier alpha value is -1.04. The van der Waals surface area contributed by atoms with E-state index >= 15 is 0 Å². The first-order chi connectivity index (χ1) is 7.93. The Morgan fingerprint density at radius 2 is 2.00 bits per heavy atom. The van der Waals surface area contributed by atoms with Crippen LogP contribution in [0, 0.1) is 0 Å². The van der Waals surface area contributed by atoms with E-state index in [1.807, 2.05) is 44.2 Å². The van der Waals surface area contributed by atoms with Crippen LogP contribution >= 0.6 is 11.8 Å². The highest BCUT2D eigenvalue weighted by Crippen LogP contribution is 2.16. The molecule has 0 aliphatic rings. The number of amides is 1. The second-order valence-electron chi connectivity index (χ2n) is 4.50. The van der Waals surface area contributed by atoms with Gasteiger partial charge in [0.15, 0.2) is 5.16 Å². The standard InChI is InChI=1S/C11H20N4OS/c1-8(2)15(9(3)4)10(16)6-17-11-13-12-7-14(11)5/h7-9H,6H2,1-5H3. The summed E-state index contributed by atoms with van der Waals surface area (Å²) in [7, 11) is 1.87. The number of rotatable bonds is 5. The molecule has 0 aromatic carbocycles. The fraction of sp³-hybridized carbons (Fsp3) is 0.727. The minimum absolute atomic E-state index is 0.142. The molecule has 1 heterocycles. The van der Waals surface area contributed by atoms with Gasteiger partial charge in [0.05, 0.1) is 5.75 Å². The lowest BCUT2D eigenvalue weighted by Gasteiger charge is -2.30. The van der Waals surface area contributed by atoms with Crippen LogP contribution in [0.5, 0.6) is 0 Å². The molecule has 0 atom stereocenters. The van der Waals surface area contributed by atoms with Crippen molar-refractivity contribution < 1.29 is 4.79 Å². The normalized spacial score (nSPS) is 11.2. The van der Waals surface area contributed by atoms with Crippen molar-refractivity contribution in [2.45, 2.75) is 44.9 Å². The maximum Gasteiger partial charge on any atom is 0.233 e. The third kappa shape index (κ3) is 3.73. The molecular weight excluding hydrogens is 236 g/mol. The maximum absolute atomic E-state index is 12.1. The van der Waals surface area contributed by atoms with Crippen LogP contribution in [-0.4, -0.2) is 43.4 Å². The molecular formula is C11H20N4OS. The van der Waals surface area contributed by atoms with E-state index in [1.54, 1.807) is 6.33 Å². The molecule has 1 rings (SSSR count). The SMILES string of the molecule is CC(C)N(C(=O)CSc1nncn1C)C(C)C. The molecule has 6 heteroatoms. The van der Waals surface area contributed by atoms with Gasteiger partial charge in [0.25, 0.3) is 0 Å². The fourth-order valence-corrected chi connectivity index (χ4v) is 2.53. The third-order valence-electron chi connectivity index (χ3n) is 2.40. The van der Waals surface area contributed by atoms with Crippen molar-refractivity contribution in [1.82, 2.24) is 19.7 Å². The number of aryl methyl sites for hydroxylation is 1. The lowest BCUT2D eigenvalue weighted by Crippen LogP contribution is -2.43. The van der Waals surface area contributed by atoms with Crippen molar-refractivity contribution in [3.63, 3.8) is 0 Å². The molecule has 0 fully saturated rings. The van der Waals surface area contributed by atoms with Crippen LogP contribution < -0.4 is 0 Å². The highest BCUT2D eigenvalue weighted by molar-refractivity contribution is 7.99. The molecule has 0 radical (unpaired) electrons. The molecule has 17 heavy (non-hydrogen) atoms. The minimum Gasteiger partial charge on any atom is -0.337 e. The molecule has 96 valence electrons. The Morgan fingerprint density at radius 1 is 1.41 bits per heavy atom. The van der Waals surface area contributed by atoms with Gasteiger partial charge in [-0.15, -0.1) is 10.2 Å². The summed E-state index contributed by atoms with van der Waals surface area (Å²) in [4.78, 5) is 14.0. The summed E-state index contributed by atoms with van der Waals surface area (Å²) in [6, 6.07) is 0.449. The van der Waals surface area contributed by atoms with Gasteiger partial charge in [0.1, 0.15) is 6.33 Å². The largest absolute Gasteiger partial charge is 0.337 e. The van der Waals surface area contributed by atoms with Crippen LogP contribution in [-0.2, 0) is 11.8 Å². The molecule has 0 N–H and O–H groups in total. The number of aromatic nitrogens is 3. The van der Waals surface area contributed by atoms with Crippen molar-refractivity contribution in [3.8, 4) is 0 Å². The first kappa shape index (κ1) is 14.0. The Morgan fingerprint density at radius 3 is 2.41 bits per heavy atom. The summed E-state index contributed by atoms with van der Waals surface area (Å²) >= 11 is 1.42. The van der Waals surface area contributed by atoms with Gasteiger partial charge in [-0.25, -0.2) is 0 Å². The topological polar surface area (TPSA) is 51.0 Å². The van der Waals surface area contributed by atoms with Crippen molar-refractivity contribution in [2.24, 2.45) is 7.05 Å². The molecule has 0 spiro atoms. The number of carbonyl (C=O) groups is 1. The average molecular weight is 256 g/mol. The molecule has 1 aromatic heterocycles. The summed E-state index contributed by atoms with van der Waals surface area (Å²) in [5.74, 6) is 0.547. The summed E-state index contributed by atoms with van der Waals surface area (Å²) in [6.07, 6.45) is 1.63. The van der Waals surface area contributed by atoms with Gasteiger partial charge in [0.2, 0.25) is 5.91 Å². The van der Waals surface area contributed by atoms with Crippen LogP contribution in [0.1, 0.15) is 27.7 Å². The summed E-state index contributed by atoms with van der Waals surface area (Å²) in [5.41, 5.74) is 0. The summed E-state index contributed by atoms with van der Waals surface area (Å²) in [5, 5.41) is 8.49. The van der Waals surface area contributed by atoms with E-state index in [0.29, 0.717) is 5.75 Å². The monoisotopic (exact) mass is 256 g/mol. The zero-order valence-corrected chi connectivity index (χ0v) is 11.9. The van der Waals surface area contributed by atoms with Gasteiger partial charge >= 0.3 is 0 Å². The molecule has 0 aliphatic carbocycles. The van der Waals surface area contributed by atoms with Crippen LogP contribution in [0.15, 0.2) is 11.5 Å². The van der Waals surface area contributed by atoms with E-state index in [1.165, 1.54) is 11.8 Å². The Kier molecular flexibility index (Phi) is 4.99. The smallest absolute Gasteiger partial charge is 0.233 e. The van der Waals surface area contributed by atoms with Crippen LogP contribution in [0.3, 0.4) is 0 Å². The highest BCUT2D eigenvalue weighted by atomic mass is 32.2. The lowest BCUT2D eigenvalue weighted by molar-refractivity contribution is -0.131. The summed E-state index contributed by atoms with van der Waals surface area (Å²) in [6.45, 7) is 8.13. The Balaban J connectivity index is 2.57. The average Bonchev–Trinajstić information content (AvgIpc) is 2.59. The third-order valence-corrected chi connectivity index (χ3v) is 3.41. The van der Waals surface area contributed by atoms with Crippen LogP contribution in [0.4, 0.5) is 0 Å². The zero-order valence-electron chi connectivity index (χ0n) is 11.0. The van der Waals surface area contributed by atoms with Gasteiger partial charge in [0, 0.05) is 19.1 Å². The number of thioether (sulfide) groups is 1. The number of hydrogen-bond acceptors (Lipinski definition) is 4. The molecule has 1 amide bonds. The second-order valence-corrected chi connectivity index (χ2v) is 5.44. The highest BCUT2D eigenvalue weighted by Gasteiger charge is 2.20. The predicted molar refractivity (Wildman–Crippen MR) is 68.8 cm³/mol. The van der Waals surface area contributed by atoms with Gasteiger partial charge < -0.3 is 9.47 Å². The van der Waals surface area contributed by atoms with E-state index in [9.17, 15) is 4.79 Å². The molecule has 0 aliphatic heterocycles. The molecule has 5 nitrogen and oxygen atoms in total. The van der Waals surface area contributed by atoms with E-state index in [-0.39, 0.29) is 18.0 Å². The summed E-state index contributed by atoms with van der Waals surface area (Å²) < 4.78 is 1.81. The van der Waals surface area contributed by atoms with Crippen molar-refractivity contribution in [2.75, 3.05) is 5.75 Å². The molecule has 0 bridgehead atoms. The fourth-order valence-electron chi connectivity index (χ4n) is 1.78. The van der Waals surface area contributed by atoms with E-state index in [2.05, 4.69) is 10.2 Å². The number of carbonyl (C=O) groups excluding carboxylic acids is 1. The number of nitrogens with zero attached hydrogens (tertiary/aromatic N) is 4. The first-order valence-electron chi connectivity index (χ1n) is 5.71. The Labute approximate surface area is 107 Å². The van der Waals surface area contributed by atoms with E-state index < -0.39 is 0 Å². The molecule has 0 saturated heterocycles.